The molecule has 2 rings (SSSR count). The predicted octanol–water partition coefficient (Wildman–Crippen LogP) is 3.33. The minimum absolute atomic E-state index is 0.0503. The average molecular weight is 324 g/mol. The third-order valence-electron chi connectivity index (χ3n) is 4.45. The van der Waals surface area contributed by atoms with Crippen molar-refractivity contribution in [3.8, 4) is 0 Å². The van der Waals surface area contributed by atoms with Crippen molar-refractivity contribution in [1.82, 2.24) is 4.90 Å². The molecule has 120 valence electrons. The number of aliphatic carboxylic acids is 1. The number of carbonyl (C=O) groups is 2. The highest BCUT2D eigenvalue weighted by atomic mass is 35.5. The zero-order chi connectivity index (χ0) is 16.3. The van der Waals surface area contributed by atoms with E-state index < -0.39 is 11.4 Å². The fraction of sp³-hybridized carbons (Fsp3) is 0.529. The number of rotatable bonds is 4. The Balaban J connectivity index is 2.06. The molecule has 1 aliphatic rings. The Morgan fingerprint density at radius 3 is 2.41 bits per heavy atom. The highest BCUT2D eigenvalue weighted by Gasteiger charge is 2.36. The minimum atomic E-state index is -0.763. The van der Waals surface area contributed by atoms with Gasteiger partial charge in [0.25, 0.3) is 0 Å². The quantitative estimate of drug-likeness (QED) is 0.924. The second kappa shape index (κ2) is 6.69. The second-order valence-corrected chi connectivity index (χ2v) is 6.85. The van der Waals surface area contributed by atoms with Crippen LogP contribution in [0, 0.1) is 5.92 Å². The number of carbonyl (C=O) groups excluding carboxylic acids is 1. The maximum atomic E-state index is 12.9. The van der Waals surface area contributed by atoms with Crippen LogP contribution in [0.2, 0.25) is 5.02 Å². The van der Waals surface area contributed by atoms with Crippen molar-refractivity contribution < 1.29 is 14.7 Å². The molecule has 4 nitrogen and oxygen atoms in total. The molecule has 1 saturated heterocycles. The summed E-state index contributed by atoms with van der Waals surface area (Å²) in [4.78, 5) is 25.5. The first-order chi connectivity index (χ1) is 10.3. The first-order valence-electron chi connectivity index (χ1n) is 7.58. The minimum Gasteiger partial charge on any atom is -0.481 e. The van der Waals surface area contributed by atoms with E-state index in [1.807, 2.05) is 36.9 Å². The Bertz CT molecular complexity index is 563. The topological polar surface area (TPSA) is 57.6 Å². The normalized spacial score (nSPS) is 16.6. The Kier molecular flexibility index (Phi) is 5.12. The van der Waals surface area contributed by atoms with Gasteiger partial charge in [-0.1, -0.05) is 29.8 Å². The van der Waals surface area contributed by atoms with Gasteiger partial charge in [-0.3, -0.25) is 9.59 Å². The van der Waals surface area contributed by atoms with Gasteiger partial charge in [0.05, 0.1) is 5.41 Å². The summed E-state index contributed by atoms with van der Waals surface area (Å²) >= 11 is 6.24. The summed E-state index contributed by atoms with van der Waals surface area (Å²) in [5.74, 6) is -0.541. The molecule has 0 saturated carbocycles. The summed E-state index contributed by atoms with van der Waals surface area (Å²) in [7, 11) is 0. The van der Waals surface area contributed by atoms with Crippen LogP contribution < -0.4 is 0 Å². The lowest BCUT2D eigenvalue weighted by atomic mass is 9.82. The number of carboxylic acid groups (broad SMARTS) is 1. The van der Waals surface area contributed by atoms with Gasteiger partial charge < -0.3 is 10.0 Å². The molecule has 0 spiro atoms. The number of likely N-dealkylation sites (tertiary alicyclic amines) is 1. The summed E-state index contributed by atoms with van der Waals surface area (Å²) in [5.41, 5.74) is 0.146. The van der Waals surface area contributed by atoms with Crippen LogP contribution in [-0.4, -0.2) is 35.0 Å². The van der Waals surface area contributed by atoms with E-state index >= 15 is 0 Å². The van der Waals surface area contributed by atoms with Gasteiger partial charge in [0.1, 0.15) is 0 Å². The Hall–Kier alpha value is -1.55. The number of nitrogens with zero attached hydrogens (tertiary/aromatic N) is 1. The van der Waals surface area contributed by atoms with Crippen LogP contribution in [0.15, 0.2) is 24.3 Å². The first-order valence-corrected chi connectivity index (χ1v) is 7.96. The predicted molar refractivity (Wildman–Crippen MR) is 86.0 cm³/mol. The molecule has 0 atom stereocenters. The molecule has 0 aromatic heterocycles. The summed E-state index contributed by atoms with van der Waals surface area (Å²) < 4.78 is 0. The van der Waals surface area contributed by atoms with Crippen molar-refractivity contribution >= 4 is 23.5 Å². The molecule has 1 aliphatic heterocycles. The smallest absolute Gasteiger partial charge is 0.303 e. The monoisotopic (exact) mass is 323 g/mol. The molecule has 1 N–H and O–H groups in total. The van der Waals surface area contributed by atoms with Gasteiger partial charge in [-0.15, -0.1) is 0 Å². The van der Waals surface area contributed by atoms with Gasteiger partial charge >= 0.3 is 5.97 Å². The van der Waals surface area contributed by atoms with E-state index in [4.69, 9.17) is 16.7 Å². The van der Waals surface area contributed by atoms with Gasteiger partial charge in [-0.2, -0.15) is 0 Å². The molecule has 1 heterocycles. The third-order valence-corrected chi connectivity index (χ3v) is 4.78. The lowest BCUT2D eigenvalue weighted by Gasteiger charge is -2.37. The number of benzene rings is 1. The fourth-order valence-corrected chi connectivity index (χ4v) is 3.44. The average Bonchev–Trinajstić information content (AvgIpc) is 2.47. The van der Waals surface area contributed by atoms with Gasteiger partial charge in [0, 0.05) is 24.5 Å². The number of piperidine rings is 1. The van der Waals surface area contributed by atoms with Gasteiger partial charge in [0.2, 0.25) is 5.91 Å². The van der Waals surface area contributed by atoms with E-state index in [-0.39, 0.29) is 18.2 Å². The highest BCUT2D eigenvalue weighted by molar-refractivity contribution is 6.31. The Morgan fingerprint density at radius 2 is 1.86 bits per heavy atom. The van der Waals surface area contributed by atoms with Crippen LogP contribution in [0.5, 0.6) is 0 Å². The van der Waals surface area contributed by atoms with Crippen LogP contribution in [0.1, 0.15) is 38.7 Å². The third kappa shape index (κ3) is 3.61. The number of hydrogen-bond donors (Lipinski definition) is 1. The standard InChI is InChI=1S/C17H22ClNO3/c1-17(2,13-5-3-4-6-14(13)18)16(22)19-9-7-12(8-10-19)11-15(20)21/h3-6,12H,7-11H2,1-2H3,(H,20,21). The SMILES string of the molecule is CC(C)(C(=O)N1CCC(CC(=O)O)CC1)c1ccccc1Cl. The van der Waals surface area contributed by atoms with E-state index in [0.29, 0.717) is 18.1 Å². The van der Waals surface area contributed by atoms with Crippen LogP contribution in [-0.2, 0) is 15.0 Å². The van der Waals surface area contributed by atoms with Crippen LogP contribution in [0.3, 0.4) is 0 Å². The highest BCUT2D eigenvalue weighted by Crippen LogP contribution is 2.33. The van der Waals surface area contributed by atoms with Crippen molar-refractivity contribution in [2.24, 2.45) is 5.92 Å². The maximum Gasteiger partial charge on any atom is 0.303 e. The summed E-state index contributed by atoms with van der Waals surface area (Å²) in [6, 6.07) is 7.42. The molecular weight excluding hydrogens is 302 g/mol. The summed E-state index contributed by atoms with van der Waals surface area (Å²) in [5, 5.41) is 9.45. The fourth-order valence-electron chi connectivity index (χ4n) is 3.07. The number of halogens is 1. The molecule has 5 heteroatoms. The molecule has 1 fully saturated rings. The van der Waals surface area contributed by atoms with Crippen molar-refractivity contribution in [2.75, 3.05) is 13.1 Å². The first kappa shape index (κ1) is 16.8. The molecule has 0 aliphatic carbocycles. The van der Waals surface area contributed by atoms with E-state index in [0.717, 1.165) is 18.4 Å². The van der Waals surface area contributed by atoms with Crippen LogP contribution in [0.25, 0.3) is 0 Å². The number of carboxylic acids is 1. The van der Waals surface area contributed by atoms with Crippen molar-refractivity contribution in [2.45, 2.75) is 38.5 Å². The Labute approximate surface area is 136 Å². The molecule has 1 amide bonds. The van der Waals surface area contributed by atoms with Crippen LogP contribution >= 0.6 is 11.6 Å². The van der Waals surface area contributed by atoms with E-state index in [2.05, 4.69) is 0 Å². The second-order valence-electron chi connectivity index (χ2n) is 6.44. The van der Waals surface area contributed by atoms with Gasteiger partial charge in [-0.05, 0) is 44.2 Å². The zero-order valence-corrected chi connectivity index (χ0v) is 13.8. The van der Waals surface area contributed by atoms with Crippen molar-refractivity contribution in [1.29, 1.82) is 0 Å². The van der Waals surface area contributed by atoms with Gasteiger partial charge in [0.15, 0.2) is 0 Å². The molecule has 0 bridgehead atoms. The summed E-state index contributed by atoms with van der Waals surface area (Å²) in [6.07, 6.45) is 1.68. The maximum absolute atomic E-state index is 12.9. The largest absolute Gasteiger partial charge is 0.481 e. The number of hydrogen-bond acceptors (Lipinski definition) is 2. The lowest BCUT2D eigenvalue weighted by molar-refractivity contribution is -0.139. The number of amides is 1. The van der Waals surface area contributed by atoms with Crippen molar-refractivity contribution in [3.63, 3.8) is 0 Å². The Morgan fingerprint density at radius 1 is 1.27 bits per heavy atom. The van der Waals surface area contributed by atoms with Gasteiger partial charge in [-0.25, -0.2) is 0 Å². The van der Waals surface area contributed by atoms with Crippen molar-refractivity contribution in [3.05, 3.63) is 34.9 Å². The van der Waals surface area contributed by atoms with Crippen LogP contribution in [0.4, 0.5) is 0 Å². The van der Waals surface area contributed by atoms with E-state index in [1.165, 1.54) is 0 Å². The van der Waals surface area contributed by atoms with E-state index in [1.54, 1.807) is 6.07 Å². The van der Waals surface area contributed by atoms with E-state index in [9.17, 15) is 9.59 Å². The molecule has 0 unspecified atom stereocenters. The molecule has 22 heavy (non-hydrogen) atoms. The lowest BCUT2D eigenvalue weighted by Crippen LogP contribution is -2.47. The zero-order valence-electron chi connectivity index (χ0n) is 13.0. The summed E-state index contributed by atoms with van der Waals surface area (Å²) in [6.45, 7) is 5.01. The molecule has 1 aromatic rings. The molecular formula is C17H22ClNO3. The molecule has 1 aromatic carbocycles. The molecule has 0 radical (unpaired) electrons.